The fraction of sp³-hybridized carbons (Fsp3) is 0.438. The maximum atomic E-state index is 14.4. The van der Waals surface area contributed by atoms with Crippen molar-refractivity contribution in [2.45, 2.75) is 75.1 Å². The first-order valence-corrected chi connectivity index (χ1v) is 15.3. The van der Waals surface area contributed by atoms with Gasteiger partial charge in [-0.15, -0.1) is 0 Å². The lowest BCUT2D eigenvalue weighted by Gasteiger charge is -2.42. The van der Waals surface area contributed by atoms with Crippen molar-refractivity contribution >= 4 is 23.5 Å². The number of nitrogens with zero attached hydrogens (tertiary/aromatic N) is 2. The minimum atomic E-state index is -1.27. The molecule has 3 atom stereocenters. The van der Waals surface area contributed by atoms with Crippen LogP contribution in [0.3, 0.4) is 0 Å². The molecule has 2 N–H and O–H groups in total. The summed E-state index contributed by atoms with van der Waals surface area (Å²) >= 11 is 1.83. The van der Waals surface area contributed by atoms with Crippen LogP contribution in [0.5, 0.6) is 5.88 Å². The number of allylic oxidation sites excluding steroid dienone is 5. The molecule has 1 aromatic carbocycles. The highest BCUT2D eigenvalue weighted by Crippen LogP contribution is 2.44. The maximum Gasteiger partial charge on any atom is 0.338 e. The van der Waals surface area contributed by atoms with Crippen LogP contribution in [0.2, 0.25) is 0 Å². The molecule has 40 heavy (non-hydrogen) atoms. The number of carboxylic acids is 1. The molecule has 0 spiro atoms. The molecule has 0 amide bonds. The molecule has 1 saturated carbocycles. The van der Waals surface area contributed by atoms with E-state index in [4.69, 9.17) is 4.74 Å². The highest BCUT2D eigenvalue weighted by atomic mass is 32.2. The van der Waals surface area contributed by atoms with Crippen LogP contribution in [0.1, 0.15) is 73.7 Å². The molecule has 4 aliphatic rings. The summed E-state index contributed by atoms with van der Waals surface area (Å²) in [5.74, 6) is -0.0703. The molecule has 2 aromatic rings. The Balaban J connectivity index is 1.39. The van der Waals surface area contributed by atoms with E-state index in [0.717, 1.165) is 30.7 Å². The number of aromatic nitrogens is 1. The summed E-state index contributed by atoms with van der Waals surface area (Å²) < 4.78 is 24.7. The molecule has 3 aliphatic carbocycles. The Labute approximate surface area is 239 Å². The van der Waals surface area contributed by atoms with Crippen molar-refractivity contribution in [2.24, 2.45) is 5.92 Å². The van der Waals surface area contributed by atoms with Gasteiger partial charge >= 0.3 is 5.97 Å². The van der Waals surface area contributed by atoms with Gasteiger partial charge in [0.25, 0.3) is 0 Å². The van der Waals surface area contributed by atoms with Gasteiger partial charge in [-0.2, -0.15) is 0 Å². The fourth-order valence-corrected chi connectivity index (χ4v) is 7.89. The summed E-state index contributed by atoms with van der Waals surface area (Å²) in [6, 6.07) is 10.5. The number of hydrogen-bond donors (Lipinski definition) is 2. The van der Waals surface area contributed by atoms with E-state index in [2.05, 4.69) is 32.8 Å². The summed E-state index contributed by atoms with van der Waals surface area (Å²) in [6.07, 6.45) is 18.2. The lowest BCUT2D eigenvalue weighted by Crippen LogP contribution is -2.47. The molecular formula is C32H36FN3O3S. The van der Waals surface area contributed by atoms with Crippen molar-refractivity contribution in [1.29, 1.82) is 0 Å². The first-order chi connectivity index (χ1) is 19.6. The fourth-order valence-electron chi connectivity index (χ4n) is 6.62. The Morgan fingerprint density at radius 2 is 2.02 bits per heavy atom. The normalized spacial score (nSPS) is 25.7. The summed E-state index contributed by atoms with van der Waals surface area (Å²) in [7, 11) is 0. The Hall–Kier alpha value is -3.10. The zero-order chi connectivity index (χ0) is 27.5. The number of pyridine rings is 1. The second kappa shape index (κ2) is 12.2. The smallest absolute Gasteiger partial charge is 0.338 e. The lowest BCUT2D eigenvalue weighted by atomic mass is 9.83. The summed E-state index contributed by atoms with van der Waals surface area (Å²) in [5.41, 5.74) is 2.65. The van der Waals surface area contributed by atoms with Gasteiger partial charge in [0.2, 0.25) is 5.88 Å². The molecule has 1 aromatic heterocycles. The van der Waals surface area contributed by atoms with E-state index < -0.39 is 11.8 Å². The molecule has 1 aliphatic heterocycles. The molecule has 8 heteroatoms. The Kier molecular flexibility index (Phi) is 8.25. The van der Waals surface area contributed by atoms with Crippen molar-refractivity contribution in [2.75, 3.05) is 6.54 Å². The van der Waals surface area contributed by atoms with Gasteiger partial charge in [0, 0.05) is 48.3 Å². The number of carbonyl (C=O) groups is 1. The number of benzene rings is 1. The SMILES string of the molecule is O=C(O)c1cc(C2=C(Oc3ccccn3)CC3C(C2)SN[C@H](C2CCCCC2)CN3C2=CC=CCC2)ccc1F. The van der Waals surface area contributed by atoms with Crippen LogP contribution in [0.15, 0.2) is 72.3 Å². The lowest BCUT2D eigenvalue weighted by molar-refractivity contribution is 0.0692. The second-order valence-corrected chi connectivity index (χ2v) is 12.3. The minimum Gasteiger partial charge on any atom is -0.478 e. The van der Waals surface area contributed by atoms with Gasteiger partial charge in [0.15, 0.2) is 0 Å². The number of carboxylic acid groups (broad SMARTS) is 1. The Morgan fingerprint density at radius 1 is 1.15 bits per heavy atom. The van der Waals surface area contributed by atoms with Gasteiger partial charge in [-0.05, 0) is 73.4 Å². The van der Waals surface area contributed by atoms with E-state index in [-0.39, 0.29) is 16.9 Å². The molecule has 6 rings (SSSR count). The van der Waals surface area contributed by atoms with E-state index in [1.807, 2.05) is 30.1 Å². The first-order valence-electron chi connectivity index (χ1n) is 14.4. The predicted molar refractivity (Wildman–Crippen MR) is 156 cm³/mol. The number of ether oxygens (including phenoxy) is 1. The number of nitrogens with one attached hydrogen (secondary N) is 1. The average molecular weight is 562 g/mol. The van der Waals surface area contributed by atoms with Crippen LogP contribution in [-0.4, -0.2) is 44.8 Å². The molecule has 1 saturated heterocycles. The third-order valence-corrected chi connectivity index (χ3v) is 9.94. The van der Waals surface area contributed by atoms with Crippen LogP contribution in [-0.2, 0) is 0 Å². The monoisotopic (exact) mass is 561 g/mol. The topological polar surface area (TPSA) is 74.7 Å². The average Bonchev–Trinajstić information content (AvgIpc) is 3.18. The third kappa shape index (κ3) is 5.84. The van der Waals surface area contributed by atoms with Crippen molar-refractivity contribution in [3.8, 4) is 5.88 Å². The van der Waals surface area contributed by atoms with Crippen molar-refractivity contribution in [3.63, 3.8) is 0 Å². The highest BCUT2D eigenvalue weighted by Gasteiger charge is 2.42. The second-order valence-electron chi connectivity index (χ2n) is 11.2. The maximum absolute atomic E-state index is 14.4. The predicted octanol–water partition coefficient (Wildman–Crippen LogP) is 6.98. The number of aromatic carboxylic acids is 1. The first kappa shape index (κ1) is 27.1. The third-order valence-electron chi connectivity index (χ3n) is 8.72. The van der Waals surface area contributed by atoms with E-state index in [1.165, 1.54) is 49.9 Å². The minimum absolute atomic E-state index is 0.200. The van der Waals surface area contributed by atoms with Crippen LogP contribution in [0.25, 0.3) is 5.57 Å². The van der Waals surface area contributed by atoms with Gasteiger partial charge in [-0.25, -0.2) is 14.2 Å². The van der Waals surface area contributed by atoms with Gasteiger partial charge in [0.1, 0.15) is 11.6 Å². The van der Waals surface area contributed by atoms with Gasteiger partial charge < -0.3 is 14.7 Å². The molecule has 210 valence electrons. The van der Waals surface area contributed by atoms with Crippen LogP contribution >= 0.6 is 11.9 Å². The number of hydrogen-bond acceptors (Lipinski definition) is 6. The van der Waals surface area contributed by atoms with Crippen molar-refractivity contribution < 1.29 is 19.0 Å². The van der Waals surface area contributed by atoms with E-state index in [0.29, 0.717) is 36.2 Å². The molecule has 2 heterocycles. The quantitative estimate of drug-likeness (QED) is 0.369. The van der Waals surface area contributed by atoms with Gasteiger partial charge in [-0.3, -0.25) is 4.72 Å². The summed E-state index contributed by atoms with van der Waals surface area (Å²) in [6.45, 7) is 0.963. The number of rotatable bonds is 6. The largest absolute Gasteiger partial charge is 0.478 e. The highest BCUT2D eigenvalue weighted by molar-refractivity contribution is 7.98. The van der Waals surface area contributed by atoms with E-state index in [9.17, 15) is 14.3 Å². The summed E-state index contributed by atoms with van der Waals surface area (Å²) in [5, 5.41) is 9.83. The van der Waals surface area contributed by atoms with Crippen LogP contribution in [0.4, 0.5) is 4.39 Å². The zero-order valence-electron chi connectivity index (χ0n) is 22.6. The summed E-state index contributed by atoms with van der Waals surface area (Å²) in [4.78, 5) is 18.8. The van der Waals surface area contributed by atoms with Crippen LogP contribution < -0.4 is 9.46 Å². The molecule has 2 fully saturated rings. The molecule has 2 unspecified atom stereocenters. The Morgan fingerprint density at radius 3 is 2.77 bits per heavy atom. The van der Waals surface area contributed by atoms with Gasteiger partial charge in [-0.1, -0.05) is 55.5 Å². The molecule has 0 radical (unpaired) electrons. The van der Waals surface area contributed by atoms with E-state index in [1.54, 1.807) is 12.3 Å². The molecule has 6 nitrogen and oxygen atoms in total. The molecule has 0 bridgehead atoms. The standard InChI is InChI=1S/C32H36FN3O3S/c33-26-15-14-22(17-25(26)32(37)38)24-18-30-28(19-29(24)39-31-13-7-8-16-34-31)36(23-11-5-2-6-12-23)20-27(35-40-30)21-9-3-1-4-10-21/h2,5,7-8,11,13-17,21,27-28,30,35H,1,3-4,6,9-10,12,18-20H2,(H,37,38)/t27-,28?,30?/m0/s1. The van der Waals surface area contributed by atoms with Gasteiger partial charge in [0.05, 0.1) is 5.56 Å². The zero-order valence-corrected chi connectivity index (χ0v) is 23.4. The number of halogens is 1. The van der Waals surface area contributed by atoms with Crippen LogP contribution in [0, 0.1) is 11.7 Å². The van der Waals surface area contributed by atoms with Crippen molar-refractivity contribution in [1.82, 2.24) is 14.6 Å². The van der Waals surface area contributed by atoms with E-state index >= 15 is 0 Å². The van der Waals surface area contributed by atoms with Crippen molar-refractivity contribution in [3.05, 3.63) is 89.2 Å². The molecular weight excluding hydrogens is 525 g/mol. The number of fused-ring (bicyclic) bond motifs is 1. The Bertz CT molecular complexity index is 1320.